The maximum absolute atomic E-state index is 12.4. The second kappa shape index (κ2) is 6.59. The number of rotatable bonds is 4. The summed E-state index contributed by atoms with van der Waals surface area (Å²) in [5, 5.41) is 3.10. The predicted molar refractivity (Wildman–Crippen MR) is 88.5 cm³/mol. The molecular weight excluding hydrogens is 334 g/mol. The fraction of sp³-hybridized carbons (Fsp3) is 0.0625. The van der Waals surface area contributed by atoms with E-state index in [1.54, 1.807) is 36.4 Å². The first-order valence-electron chi connectivity index (χ1n) is 6.96. The van der Waals surface area contributed by atoms with Crippen molar-refractivity contribution in [1.82, 2.24) is 9.55 Å². The summed E-state index contributed by atoms with van der Waals surface area (Å²) in [4.78, 5) is 38.9. The molecule has 122 valence electrons. The van der Waals surface area contributed by atoms with Gasteiger partial charge in [0.05, 0.1) is 12.8 Å². The van der Waals surface area contributed by atoms with Crippen LogP contribution in [0.2, 0.25) is 5.02 Å². The topological polar surface area (TPSA) is 97.1 Å². The number of carbonyl (C=O) groups excluding carboxylic acids is 1. The Balaban J connectivity index is 1.90. The van der Waals surface area contributed by atoms with Gasteiger partial charge in [-0.15, -0.1) is 0 Å². The number of benzene rings is 1. The van der Waals surface area contributed by atoms with Gasteiger partial charge in [0.25, 0.3) is 11.5 Å². The maximum atomic E-state index is 12.4. The summed E-state index contributed by atoms with van der Waals surface area (Å²) in [5.74, 6) is -0.204. The molecule has 0 spiro atoms. The van der Waals surface area contributed by atoms with Crippen LogP contribution in [0.5, 0.6) is 0 Å². The zero-order valence-corrected chi connectivity index (χ0v) is 13.0. The van der Waals surface area contributed by atoms with Gasteiger partial charge >= 0.3 is 5.69 Å². The minimum atomic E-state index is -0.707. The first-order chi connectivity index (χ1) is 11.5. The van der Waals surface area contributed by atoms with E-state index in [0.717, 1.165) is 10.8 Å². The van der Waals surface area contributed by atoms with E-state index in [1.807, 2.05) is 0 Å². The number of hydrogen-bond donors (Lipinski definition) is 2. The minimum Gasteiger partial charge on any atom is -0.467 e. The van der Waals surface area contributed by atoms with E-state index in [4.69, 9.17) is 16.0 Å². The van der Waals surface area contributed by atoms with Gasteiger partial charge in [-0.2, -0.15) is 0 Å². The van der Waals surface area contributed by atoms with Gasteiger partial charge in [-0.25, -0.2) is 4.79 Å². The summed E-state index contributed by atoms with van der Waals surface area (Å²) in [5.41, 5.74) is -1.04. The predicted octanol–water partition coefficient (Wildman–Crippen LogP) is 2.08. The van der Waals surface area contributed by atoms with Crippen LogP contribution in [-0.2, 0) is 6.54 Å². The lowest BCUT2D eigenvalue weighted by Crippen LogP contribution is -2.39. The van der Waals surface area contributed by atoms with Crippen molar-refractivity contribution >= 4 is 23.2 Å². The number of carbonyl (C=O) groups is 1. The molecule has 1 amide bonds. The van der Waals surface area contributed by atoms with Crippen molar-refractivity contribution in [2.45, 2.75) is 6.54 Å². The van der Waals surface area contributed by atoms with Crippen LogP contribution in [-0.4, -0.2) is 15.5 Å². The SMILES string of the molecule is O=C(Nc1ccc(Cl)cc1)c1c[nH]c(=O)n(Cc2ccco2)c1=O. The molecule has 0 bridgehead atoms. The van der Waals surface area contributed by atoms with E-state index in [9.17, 15) is 14.4 Å². The van der Waals surface area contributed by atoms with E-state index in [0.29, 0.717) is 16.5 Å². The average Bonchev–Trinajstić information content (AvgIpc) is 3.06. The van der Waals surface area contributed by atoms with Gasteiger partial charge in [0.1, 0.15) is 11.3 Å². The molecule has 0 fully saturated rings. The number of nitrogens with zero attached hydrogens (tertiary/aromatic N) is 1. The number of aromatic nitrogens is 2. The second-order valence-corrected chi connectivity index (χ2v) is 5.38. The molecule has 7 nitrogen and oxygen atoms in total. The Morgan fingerprint density at radius 1 is 1.21 bits per heavy atom. The lowest BCUT2D eigenvalue weighted by atomic mass is 10.2. The van der Waals surface area contributed by atoms with Gasteiger partial charge in [-0.3, -0.25) is 14.2 Å². The molecule has 0 atom stereocenters. The van der Waals surface area contributed by atoms with Crippen LogP contribution in [0.4, 0.5) is 5.69 Å². The summed E-state index contributed by atoms with van der Waals surface area (Å²) in [6.07, 6.45) is 2.53. The van der Waals surface area contributed by atoms with Crippen LogP contribution in [0, 0.1) is 0 Å². The van der Waals surface area contributed by atoms with Gasteiger partial charge in [0.2, 0.25) is 0 Å². The highest BCUT2D eigenvalue weighted by atomic mass is 35.5. The van der Waals surface area contributed by atoms with Crippen molar-refractivity contribution in [2.24, 2.45) is 0 Å². The Kier molecular flexibility index (Phi) is 4.35. The maximum Gasteiger partial charge on any atom is 0.328 e. The Bertz CT molecular complexity index is 972. The summed E-state index contributed by atoms with van der Waals surface area (Å²) >= 11 is 5.78. The molecular formula is C16H12ClN3O4. The first kappa shape index (κ1) is 15.8. The van der Waals surface area contributed by atoms with Gasteiger partial charge in [0.15, 0.2) is 0 Å². The van der Waals surface area contributed by atoms with Crippen LogP contribution < -0.4 is 16.6 Å². The van der Waals surface area contributed by atoms with Gasteiger partial charge in [-0.1, -0.05) is 11.6 Å². The van der Waals surface area contributed by atoms with Crippen molar-refractivity contribution in [3.63, 3.8) is 0 Å². The number of furan rings is 1. The highest BCUT2D eigenvalue weighted by Crippen LogP contribution is 2.13. The van der Waals surface area contributed by atoms with Crippen molar-refractivity contribution in [3.05, 3.63) is 86.0 Å². The van der Waals surface area contributed by atoms with Crippen LogP contribution in [0.3, 0.4) is 0 Å². The molecule has 3 aromatic rings. The summed E-state index contributed by atoms with van der Waals surface area (Å²) in [7, 11) is 0. The first-order valence-corrected chi connectivity index (χ1v) is 7.34. The molecule has 0 saturated heterocycles. The number of halogens is 1. The molecule has 8 heteroatoms. The Labute approximate surface area is 140 Å². The number of H-pyrrole nitrogens is 1. The molecule has 24 heavy (non-hydrogen) atoms. The molecule has 0 radical (unpaired) electrons. The van der Waals surface area contributed by atoms with E-state index in [-0.39, 0.29) is 12.1 Å². The zero-order chi connectivity index (χ0) is 17.1. The Hall–Kier alpha value is -3.06. The third-order valence-corrected chi connectivity index (χ3v) is 3.55. The monoisotopic (exact) mass is 345 g/mol. The van der Waals surface area contributed by atoms with E-state index in [1.165, 1.54) is 6.26 Å². The highest BCUT2D eigenvalue weighted by Gasteiger charge is 2.15. The van der Waals surface area contributed by atoms with Crippen LogP contribution in [0.1, 0.15) is 16.1 Å². The fourth-order valence-electron chi connectivity index (χ4n) is 2.11. The molecule has 0 aliphatic rings. The zero-order valence-electron chi connectivity index (χ0n) is 12.3. The quantitative estimate of drug-likeness (QED) is 0.756. The van der Waals surface area contributed by atoms with Crippen LogP contribution in [0.25, 0.3) is 0 Å². The number of anilines is 1. The molecule has 3 rings (SSSR count). The van der Waals surface area contributed by atoms with Crippen molar-refractivity contribution in [1.29, 1.82) is 0 Å². The lowest BCUT2D eigenvalue weighted by molar-refractivity contribution is 0.102. The van der Waals surface area contributed by atoms with Crippen molar-refractivity contribution < 1.29 is 9.21 Å². The van der Waals surface area contributed by atoms with Gasteiger partial charge in [-0.05, 0) is 36.4 Å². The standard InChI is InChI=1S/C16H12ClN3O4/c17-10-3-5-11(6-4-10)19-14(21)13-8-18-16(23)20(15(13)22)9-12-2-1-7-24-12/h1-8H,9H2,(H,18,23)(H,19,21). The minimum absolute atomic E-state index is 0.0662. The van der Waals surface area contributed by atoms with Crippen molar-refractivity contribution in [3.8, 4) is 0 Å². The molecule has 0 unspecified atom stereocenters. The number of hydrogen-bond acceptors (Lipinski definition) is 4. The molecule has 2 N–H and O–H groups in total. The van der Waals surface area contributed by atoms with Gasteiger partial charge < -0.3 is 14.7 Å². The van der Waals surface area contributed by atoms with Crippen LogP contribution >= 0.6 is 11.6 Å². The molecule has 2 heterocycles. The summed E-state index contributed by atoms with van der Waals surface area (Å²) < 4.78 is 6.03. The third kappa shape index (κ3) is 3.31. The third-order valence-electron chi connectivity index (χ3n) is 3.30. The largest absolute Gasteiger partial charge is 0.467 e. The van der Waals surface area contributed by atoms with Crippen molar-refractivity contribution in [2.75, 3.05) is 5.32 Å². The van der Waals surface area contributed by atoms with Crippen LogP contribution in [0.15, 0.2) is 62.9 Å². The average molecular weight is 346 g/mol. The normalized spacial score (nSPS) is 10.5. The van der Waals surface area contributed by atoms with Gasteiger partial charge in [0, 0.05) is 16.9 Å². The molecule has 2 aromatic heterocycles. The molecule has 0 aliphatic carbocycles. The number of amides is 1. The van der Waals surface area contributed by atoms with E-state index < -0.39 is 17.2 Å². The Morgan fingerprint density at radius 2 is 1.96 bits per heavy atom. The lowest BCUT2D eigenvalue weighted by Gasteiger charge is -2.07. The second-order valence-electron chi connectivity index (χ2n) is 4.94. The molecule has 0 saturated carbocycles. The summed E-state index contributed by atoms with van der Waals surface area (Å²) in [6, 6.07) is 9.71. The molecule has 0 aliphatic heterocycles. The number of aromatic amines is 1. The highest BCUT2D eigenvalue weighted by molar-refractivity contribution is 6.30. The van der Waals surface area contributed by atoms with E-state index >= 15 is 0 Å². The summed E-state index contributed by atoms with van der Waals surface area (Å²) in [6.45, 7) is -0.0662. The number of nitrogens with one attached hydrogen (secondary N) is 2. The van der Waals surface area contributed by atoms with E-state index in [2.05, 4.69) is 10.3 Å². The smallest absolute Gasteiger partial charge is 0.328 e. The fourth-order valence-corrected chi connectivity index (χ4v) is 2.23. The Morgan fingerprint density at radius 3 is 2.62 bits per heavy atom. The molecule has 1 aromatic carbocycles.